The molecule has 0 atom stereocenters. The number of methoxy groups -OCH3 is 2. The van der Waals surface area contributed by atoms with Crippen molar-refractivity contribution in [1.82, 2.24) is 4.90 Å². The van der Waals surface area contributed by atoms with Gasteiger partial charge in [-0.1, -0.05) is 6.07 Å². The smallest absolute Gasteiger partial charge is 0.335 e. The Balaban J connectivity index is 2.03. The molecule has 4 heteroatoms. The van der Waals surface area contributed by atoms with E-state index in [1.54, 1.807) is 7.11 Å². The Morgan fingerprint density at radius 1 is 1.23 bits per heavy atom. The Labute approximate surface area is 131 Å². The number of hydrogen-bond donors (Lipinski definition) is 0. The molecule has 0 spiro atoms. The Morgan fingerprint density at radius 2 is 2.05 bits per heavy atom. The van der Waals surface area contributed by atoms with Gasteiger partial charge in [0.2, 0.25) is 0 Å². The predicted molar refractivity (Wildman–Crippen MR) is 85.6 cm³/mol. The zero-order chi connectivity index (χ0) is 15.7. The fraction of sp³-hybridized carbons (Fsp3) is 0.389. The summed E-state index contributed by atoms with van der Waals surface area (Å²) in [6.45, 7) is 0.862. The molecule has 0 N–H and O–H groups in total. The number of carbonyl (C=O) groups is 1. The molecule has 22 heavy (non-hydrogen) atoms. The van der Waals surface area contributed by atoms with E-state index in [0.29, 0.717) is 12.0 Å². The van der Waals surface area contributed by atoms with Gasteiger partial charge in [-0.3, -0.25) is 0 Å². The molecule has 4 nitrogen and oxygen atoms in total. The third-order valence-corrected chi connectivity index (χ3v) is 4.39. The van der Waals surface area contributed by atoms with Gasteiger partial charge in [0.05, 0.1) is 19.8 Å². The minimum absolute atomic E-state index is 0.249. The van der Waals surface area contributed by atoms with Crippen molar-refractivity contribution in [1.29, 1.82) is 0 Å². The van der Waals surface area contributed by atoms with Gasteiger partial charge in [0.25, 0.3) is 0 Å². The molecule has 1 aromatic rings. The van der Waals surface area contributed by atoms with E-state index in [-0.39, 0.29) is 5.97 Å². The molecule has 0 saturated heterocycles. The van der Waals surface area contributed by atoms with Crippen molar-refractivity contribution in [3.05, 3.63) is 46.7 Å². The zero-order valence-electron chi connectivity index (χ0n) is 13.3. The Morgan fingerprint density at radius 3 is 2.77 bits per heavy atom. The molecule has 0 bridgehead atoms. The lowest BCUT2D eigenvalue weighted by Gasteiger charge is -2.24. The second-order valence-corrected chi connectivity index (χ2v) is 5.84. The van der Waals surface area contributed by atoms with Crippen LogP contribution in [0.2, 0.25) is 0 Å². The number of hydrogen-bond acceptors (Lipinski definition) is 4. The van der Waals surface area contributed by atoms with Crippen molar-refractivity contribution in [3.63, 3.8) is 0 Å². The van der Waals surface area contributed by atoms with Crippen molar-refractivity contribution in [3.8, 4) is 5.75 Å². The molecule has 0 aromatic heterocycles. The van der Waals surface area contributed by atoms with Crippen molar-refractivity contribution >= 4 is 11.5 Å². The van der Waals surface area contributed by atoms with Gasteiger partial charge in [-0.05, 0) is 47.2 Å². The highest BCUT2D eigenvalue weighted by Crippen LogP contribution is 2.38. The van der Waals surface area contributed by atoms with E-state index >= 15 is 0 Å². The molecule has 1 aliphatic heterocycles. The summed E-state index contributed by atoms with van der Waals surface area (Å²) in [7, 11) is 5.12. The number of carbonyl (C=O) groups excluding carboxylic acids is 1. The van der Waals surface area contributed by atoms with Gasteiger partial charge in [0.1, 0.15) is 5.75 Å². The molecule has 0 saturated carbocycles. The molecule has 0 amide bonds. The van der Waals surface area contributed by atoms with E-state index in [0.717, 1.165) is 25.1 Å². The Kier molecular flexibility index (Phi) is 3.92. The number of nitrogens with zero attached hydrogens (tertiary/aromatic N) is 1. The van der Waals surface area contributed by atoms with Gasteiger partial charge < -0.3 is 14.4 Å². The van der Waals surface area contributed by atoms with Crippen molar-refractivity contribution in [2.75, 3.05) is 27.8 Å². The van der Waals surface area contributed by atoms with Crippen LogP contribution in [-0.4, -0.2) is 38.7 Å². The van der Waals surface area contributed by atoms with Crippen LogP contribution in [0, 0.1) is 0 Å². The maximum Gasteiger partial charge on any atom is 0.335 e. The highest BCUT2D eigenvalue weighted by molar-refractivity contribution is 5.92. The number of ether oxygens (including phenoxy) is 2. The van der Waals surface area contributed by atoms with Crippen LogP contribution in [0.3, 0.4) is 0 Å². The number of allylic oxidation sites excluding steroid dienone is 1. The summed E-state index contributed by atoms with van der Waals surface area (Å²) < 4.78 is 10.2. The first-order chi connectivity index (χ1) is 10.6. The average Bonchev–Trinajstić information content (AvgIpc) is 2.71. The lowest BCUT2D eigenvalue weighted by Crippen LogP contribution is -2.17. The van der Waals surface area contributed by atoms with E-state index in [4.69, 9.17) is 9.47 Å². The second-order valence-electron chi connectivity index (χ2n) is 5.84. The van der Waals surface area contributed by atoms with Crippen molar-refractivity contribution < 1.29 is 14.3 Å². The van der Waals surface area contributed by atoms with Crippen LogP contribution in [0.5, 0.6) is 5.75 Å². The number of rotatable bonds is 2. The molecular weight excluding hydrogens is 278 g/mol. The molecule has 2 aliphatic rings. The Bertz CT molecular complexity index is 673. The van der Waals surface area contributed by atoms with E-state index < -0.39 is 0 Å². The molecule has 1 heterocycles. The summed E-state index contributed by atoms with van der Waals surface area (Å²) in [5.41, 5.74) is 5.93. The van der Waals surface area contributed by atoms with Crippen molar-refractivity contribution in [2.24, 2.45) is 0 Å². The maximum absolute atomic E-state index is 12.0. The zero-order valence-corrected chi connectivity index (χ0v) is 13.3. The van der Waals surface area contributed by atoms with Gasteiger partial charge in [0.15, 0.2) is 0 Å². The van der Waals surface area contributed by atoms with Crippen LogP contribution in [-0.2, 0) is 16.0 Å². The molecular formula is C18H21NO3. The highest BCUT2D eigenvalue weighted by atomic mass is 16.5. The number of aryl methyl sites for hydroxylation is 1. The first kappa shape index (κ1) is 14.7. The highest BCUT2D eigenvalue weighted by Gasteiger charge is 2.25. The molecule has 0 unspecified atom stereocenters. The van der Waals surface area contributed by atoms with Crippen LogP contribution in [0.25, 0.3) is 5.57 Å². The SMILES string of the molecule is COC(=O)C1=CN(C)CC2=C(C1)c1ccc(OC)cc1CC2. The summed E-state index contributed by atoms with van der Waals surface area (Å²) >= 11 is 0. The predicted octanol–water partition coefficient (Wildman–Crippen LogP) is 2.79. The van der Waals surface area contributed by atoms with Crippen LogP contribution in [0.1, 0.15) is 24.0 Å². The monoisotopic (exact) mass is 299 g/mol. The van der Waals surface area contributed by atoms with E-state index in [1.165, 1.54) is 29.4 Å². The number of likely N-dealkylation sites (N-methyl/N-ethyl adjacent to an activating group) is 1. The fourth-order valence-corrected chi connectivity index (χ4v) is 3.32. The lowest BCUT2D eigenvalue weighted by molar-refractivity contribution is -0.136. The molecule has 3 rings (SSSR count). The van der Waals surface area contributed by atoms with Crippen molar-refractivity contribution in [2.45, 2.75) is 19.3 Å². The van der Waals surface area contributed by atoms with Gasteiger partial charge in [-0.25, -0.2) is 4.79 Å². The lowest BCUT2D eigenvalue weighted by atomic mass is 9.83. The topological polar surface area (TPSA) is 38.8 Å². The summed E-state index contributed by atoms with van der Waals surface area (Å²) in [5, 5.41) is 0. The van der Waals surface area contributed by atoms with Gasteiger partial charge in [0, 0.05) is 26.2 Å². The summed E-state index contributed by atoms with van der Waals surface area (Å²) in [6.07, 6.45) is 4.59. The van der Waals surface area contributed by atoms with E-state index in [9.17, 15) is 4.79 Å². The Hall–Kier alpha value is -2.23. The molecule has 0 fully saturated rings. The third kappa shape index (κ3) is 2.61. The van der Waals surface area contributed by atoms with E-state index in [1.807, 2.05) is 19.3 Å². The normalized spacial score (nSPS) is 17.2. The quantitative estimate of drug-likeness (QED) is 0.787. The van der Waals surface area contributed by atoms with Crippen LogP contribution in [0.15, 0.2) is 35.5 Å². The number of benzene rings is 1. The van der Waals surface area contributed by atoms with Gasteiger partial charge >= 0.3 is 5.97 Å². The molecule has 1 aromatic carbocycles. The number of fused-ring (bicyclic) bond motifs is 2. The largest absolute Gasteiger partial charge is 0.497 e. The summed E-state index contributed by atoms with van der Waals surface area (Å²) in [6, 6.07) is 6.21. The van der Waals surface area contributed by atoms with Crippen LogP contribution < -0.4 is 4.74 Å². The molecule has 1 aliphatic carbocycles. The van der Waals surface area contributed by atoms with Crippen LogP contribution >= 0.6 is 0 Å². The first-order valence-corrected chi connectivity index (χ1v) is 7.49. The molecule has 0 radical (unpaired) electrons. The van der Waals surface area contributed by atoms with Gasteiger partial charge in [-0.2, -0.15) is 0 Å². The first-order valence-electron chi connectivity index (χ1n) is 7.49. The van der Waals surface area contributed by atoms with E-state index in [2.05, 4.69) is 17.0 Å². The maximum atomic E-state index is 12.0. The second kappa shape index (κ2) is 5.87. The standard InChI is InChI=1S/C18H21NO3/c1-19-10-13-5-4-12-8-15(21-2)6-7-16(12)17(13)9-14(11-19)18(20)22-3/h6-8,11H,4-5,9-10H2,1-3H3. The summed E-state index contributed by atoms with van der Waals surface area (Å²) in [4.78, 5) is 14.1. The third-order valence-electron chi connectivity index (χ3n) is 4.39. The minimum atomic E-state index is -0.249. The van der Waals surface area contributed by atoms with Crippen LogP contribution in [0.4, 0.5) is 0 Å². The van der Waals surface area contributed by atoms with Gasteiger partial charge in [-0.15, -0.1) is 0 Å². The summed E-state index contributed by atoms with van der Waals surface area (Å²) in [5.74, 6) is 0.638. The number of esters is 1. The average molecular weight is 299 g/mol. The molecule has 116 valence electrons. The minimum Gasteiger partial charge on any atom is -0.497 e. The fourth-order valence-electron chi connectivity index (χ4n) is 3.32.